The predicted molar refractivity (Wildman–Crippen MR) is 65.6 cm³/mol. The van der Waals surface area contributed by atoms with Gasteiger partial charge >= 0.3 is 0 Å². The lowest BCUT2D eigenvalue weighted by Crippen LogP contribution is -2.21. The van der Waals surface area contributed by atoms with E-state index in [2.05, 4.69) is 54.9 Å². The van der Waals surface area contributed by atoms with Crippen molar-refractivity contribution in [2.75, 3.05) is 13.1 Å². The summed E-state index contributed by atoms with van der Waals surface area (Å²) in [5.41, 5.74) is 2.46. The maximum atomic E-state index is 3.05. The summed E-state index contributed by atoms with van der Waals surface area (Å²) in [6.07, 6.45) is 0. The van der Waals surface area contributed by atoms with Gasteiger partial charge in [-0.15, -0.1) is 5.92 Å². The van der Waals surface area contributed by atoms with Gasteiger partial charge in [-0.2, -0.15) is 0 Å². The second kappa shape index (κ2) is 6.27. The van der Waals surface area contributed by atoms with E-state index in [1.54, 1.807) is 0 Å². The molecule has 0 aliphatic rings. The van der Waals surface area contributed by atoms with E-state index in [1.807, 2.05) is 6.92 Å². The lowest BCUT2D eigenvalue weighted by Gasteiger charge is -2.17. The first-order valence-corrected chi connectivity index (χ1v) is 5.54. The summed E-state index contributed by atoms with van der Waals surface area (Å²) in [7, 11) is 0. The Morgan fingerprint density at radius 2 is 1.67 bits per heavy atom. The number of rotatable bonds is 4. The highest BCUT2D eigenvalue weighted by Gasteiger charge is 2.00. The van der Waals surface area contributed by atoms with Crippen LogP contribution >= 0.6 is 0 Å². The quantitative estimate of drug-likeness (QED) is 0.677. The van der Waals surface area contributed by atoms with Gasteiger partial charge in [-0.25, -0.2) is 0 Å². The van der Waals surface area contributed by atoms with Crippen LogP contribution in [0, 0.1) is 11.8 Å². The molecule has 0 fully saturated rings. The van der Waals surface area contributed by atoms with Crippen LogP contribution in [0.1, 0.15) is 31.9 Å². The monoisotopic (exact) mass is 201 g/mol. The minimum atomic E-state index is 1.03. The molecule has 0 atom stereocenters. The molecule has 0 heterocycles. The van der Waals surface area contributed by atoms with E-state index in [4.69, 9.17) is 0 Å². The average molecular weight is 201 g/mol. The van der Waals surface area contributed by atoms with Crippen LogP contribution in [-0.2, 0) is 6.54 Å². The van der Waals surface area contributed by atoms with Crippen molar-refractivity contribution in [2.24, 2.45) is 0 Å². The maximum absolute atomic E-state index is 3.05. The summed E-state index contributed by atoms with van der Waals surface area (Å²) in [4.78, 5) is 2.40. The highest BCUT2D eigenvalue weighted by Crippen LogP contribution is 2.06. The Morgan fingerprint density at radius 3 is 2.13 bits per heavy atom. The van der Waals surface area contributed by atoms with Gasteiger partial charge in [0.2, 0.25) is 0 Å². The fourth-order valence-electron chi connectivity index (χ4n) is 1.54. The smallest absolute Gasteiger partial charge is 0.0245 e. The summed E-state index contributed by atoms with van der Waals surface area (Å²) in [5, 5.41) is 0. The number of nitrogens with zero attached hydrogens (tertiary/aromatic N) is 1. The molecular formula is C14H19N. The molecule has 1 aromatic rings. The van der Waals surface area contributed by atoms with E-state index < -0.39 is 0 Å². The van der Waals surface area contributed by atoms with Crippen molar-refractivity contribution in [2.45, 2.75) is 27.3 Å². The largest absolute Gasteiger partial charge is 0.300 e. The molecule has 0 spiro atoms. The average Bonchev–Trinajstić information content (AvgIpc) is 2.28. The minimum absolute atomic E-state index is 1.03. The van der Waals surface area contributed by atoms with Gasteiger partial charge in [0.25, 0.3) is 0 Å². The van der Waals surface area contributed by atoms with E-state index in [9.17, 15) is 0 Å². The Balaban J connectivity index is 2.66. The fraction of sp³-hybridized carbons (Fsp3) is 0.429. The van der Waals surface area contributed by atoms with Crippen LogP contribution in [0.15, 0.2) is 24.3 Å². The molecule has 1 nitrogen and oxygen atoms in total. The third-order valence-electron chi connectivity index (χ3n) is 2.52. The van der Waals surface area contributed by atoms with Crippen molar-refractivity contribution in [3.8, 4) is 11.8 Å². The molecule has 1 aromatic carbocycles. The Bertz CT molecular complexity index is 336. The molecule has 0 N–H and O–H groups in total. The van der Waals surface area contributed by atoms with Crippen LogP contribution in [0.3, 0.4) is 0 Å². The summed E-state index contributed by atoms with van der Waals surface area (Å²) in [6.45, 7) is 9.50. The summed E-state index contributed by atoms with van der Waals surface area (Å²) in [5.74, 6) is 5.96. The zero-order valence-electron chi connectivity index (χ0n) is 9.88. The van der Waals surface area contributed by atoms with Crippen LogP contribution < -0.4 is 0 Å². The molecule has 80 valence electrons. The Hall–Kier alpha value is -1.26. The second-order valence-corrected chi connectivity index (χ2v) is 3.53. The molecule has 1 heteroatoms. The Morgan fingerprint density at radius 1 is 1.07 bits per heavy atom. The van der Waals surface area contributed by atoms with Crippen LogP contribution in [0.5, 0.6) is 0 Å². The third-order valence-corrected chi connectivity index (χ3v) is 2.52. The van der Waals surface area contributed by atoms with Gasteiger partial charge in [-0.3, -0.25) is 4.90 Å². The molecule has 0 saturated carbocycles. The van der Waals surface area contributed by atoms with Crippen LogP contribution in [0.2, 0.25) is 0 Å². The van der Waals surface area contributed by atoms with Crippen LogP contribution in [-0.4, -0.2) is 18.0 Å². The normalized spacial score (nSPS) is 9.87. The first kappa shape index (κ1) is 11.8. The second-order valence-electron chi connectivity index (χ2n) is 3.53. The van der Waals surface area contributed by atoms with Crippen molar-refractivity contribution < 1.29 is 0 Å². The molecule has 0 amide bonds. The van der Waals surface area contributed by atoms with Gasteiger partial charge in [0.15, 0.2) is 0 Å². The van der Waals surface area contributed by atoms with Gasteiger partial charge in [-0.05, 0) is 37.7 Å². The van der Waals surface area contributed by atoms with Crippen molar-refractivity contribution in [1.29, 1.82) is 0 Å². The maximum Gasteiger partial charge on any atom is 0.0245 e. The molecule has 1 rings (SSSR count). The van der Waals surface area contributed by atoms with Crippen molar-refractivity contribution >= 4 is 0 Å². The fourth-order valence-corrected chi connectivity index (χ4v) is 1.54. The van der Waals surface area contributed by atoms with E-state index >= 15 is 0 Å². The standard InChI is InChI=1S/C14H19N/c1-4-7-13-8-10-14(11-9-13)12-15(5-2)6-3/h8-11H,5-6,12H2,1-3H3. The molecule has 0 unspecified atom stereocenters. The first-order chi connectivity index (χ1) is 7.30. The third kappa shape index (κ3) is 3.77. The van der Waals surface area contributed by atoms with Crippen molar-refractivity contribution in [3.63, 3.8) is 0 Å². The molecule has 0 aliphatic carbocycles. The van der Waals surface area contributed by atoms with Gasteiger partial charge in [0, 0.05) is 12.1 Å². The van der Waals surface area contributed by atoms with Gasteiger partial charge in [0.05, 0.1) is 0 Å². The van der Waals surface area contributed by atoms with Gasteiger partial charge in [-0.1, -0.05) is 31.9 Å². The Kier molecular flexibility index (Phi) is 4.93. The highest BCUT2D eigenvalue weighted by molar-refractivity contribution is 5.35. The molecule has 0 aliphatic heterocycles. The number of benzene rings is 1. The van der Waals surface area contributed by atoms with E-state index in [1.165, 1.54) is 5.56 Å². The highest BCUT2D eigenvalue weighted by atomic mass is 15.1. The van der Waals surface area contributed by atoms with E-state index in [-0.39, 0.29) is 0 Å². The van der Waals surface area contributed by atoms with Crippen LogP contribution in [0.4, 0.5) is 0 Å². The zero-order valence-corrected chi connectivity index (χ0v) is 9.88. The SMILES string of the molecule is CC#Cc1ccc(CN(CC)CC)cc1. The minimum Gasteiger partial charge on any atom is -0.300 e. The van der Waals surface area contributed by atoms with Crippen molar-refractivity contribution in [3.05, 3.63) is 35.4 Å². The van der Waals surface area contributed by atoms with Crippen molar-refractivity contribution in [1.82, 2.24) is 4.90 Å². The first-order valence-electron chi connectivity index (χ1n) is 5.54. The van der Waals surface area contributed by atoms with Gasteiger partial charge < -0.3 is 0 Å². The van der Waals surface area contributed by atoms with Gasteiger partial charge in [0.1, 0.15) is 0 Å². The molecule has 0 saturated heterocycles. The lowest BCUT2D eigenvalue weighted by molar-refractivity contribution is 0.296. The summed E-state index contributed by atoms with van der Waals surface area (Å²) >= 11 is 0. The van der Waals surface area contributed by atoms with Crippen LogP contribution in [0.25, 0.3) is 0 Å². The topological polar surface area (TPSA) is 3.24 Å². The molecule has 0 aromatic heterocycles. The zero-order chi connectivity index (χ0) is 11.1. The molecule has 0 bridgehead atoms. The number of hydrogen-bond donors (Lipinski definition) is 0. The van der Waals surface area contributed by atoms with E-state index in [0.717, 1.165) is 25.2 Å². The molecule has 15 heavy (non-hydrogen) atoms. The molecule has 0 radical (unpaired) electrons. The number of hydrogen-bond acceptors (Lipinski definition) is 1. The summed E-state index contributed by atoms with van der Waals surface area (Å²) in [6, 6.07) is 8.51. The predicted octanol–water partition coefficient (Wildman–Crippen LogP) is 2.90. The Labute approximate surface area is 93.1 Å². The summed E-state index contributed by atoms with van der Waals surface area (Å²) < 4.78 is 0. The molecular weight excluding hydrogens is 182 g/mol. The lowest BCUT2D eigenvalue weighted by atomic mass is 10.1. The van der Waals surface area contributed by atoms with E-state index in [0.29, 0.717) is 0 Å².